The first kappa shape index (κ1) is 13.7. The summed E-state index contributed by atoms with van der Waals surface area (Å²) in [6.45, 7) is 3.91. The van der Waals surface area contributed by atoms with Crippen LogP contribution >= 0.6 is 11.8 Å². The van der Waals surface area contributed by atoms with Crippen molar-refractivity contribution in [3.8, 4) is 5.75 Å². The normalized spacial score (nSPS) is 10.3. The van der Waals surface area contributed by atoms with Crippen molar-refractivity contribution < 1.29 is 4.74 Å². The van der Waals surface area contributed by atoms with Crippen molar-refractivity contribution in [1.29, 1.82) is 0 Å². The van der Waals surface area contributed by atoms with Gasteiger partial charge in [-0.2, -0.15) is 0 Å². The molecule has 0 saturated heterocycles. The molecule has 0 bridgehead atoms. The molecule has 100 valence electrons. The fraction of sp³-hybridized carbons (Fsp3) is 0.286. The predicted molar refractivity (Wildman–Crippen MR) is 78.2 cm³/mol. The van der Waals surface area contributed by atoms with Crippen molar-refractivity contribution in [2.75, 3.05) is 19.5 Å². The average Bonchev–Trinajstić information content (AvgIpc) is 2.43. The van der Waals surface area contributed by atoms with E-state index < -0.39 is 0 Å². The van der Waals surface area contributed by atoms with Crippen LogP contribution in [0.4, 0.5) is 5.82 Å². The number of hydrogen-bond donors (Lipinski definition) is 1. The topological polar surface area (TPSA) is 47.0 Å². The minimum Gasteiger partial charge on any atom is -0.496 e. The first-order valence-electron chi connectivity index (χ1n) is 5.99. The third-order valence-electron chi connectivity index (χ3n) is 2.73. The number of nitrogens with zero attached hydrogens (tertiary/aromatic N) is 2. The fourth-order valence-corrected chi connectivity index (χ4v) is 2.79. The van der Waals surface area contributed by atoms with Gasteiger partial charge in [0.15, 0.2) is 0 Å². The van der Waals surface area contributed by atoms with Crippen molar-refractivity contribution in [3.63, 3.8) is 0 Å². The lowest BCUT2D eigenvalue weighted by Gasteiger charge is -2.12. The van der Waals surface area contributed by atoms with Gasteiger partial charge in [0.05, 0.1) is 12.0 Å². The van der Waals surface area contributed by atoms with Crippen molar-refractivity contribution in [1.82, 2.24) is 9.97 Å². The van der Waals surface area contributed by atoms with Crippen LogP contribution in [0.15, 0.2) is 34.2 Å². The molecule has 1 aromatic heterocycles. The molecule has 0 aliphatic rings. The second-order valence-corrected chi connectivity index (χ2v) is 5.08. The number of para-hydroxylation sites is 1. The summed E-state index contributed by atoms with van der Waals surface area (Å²) in [6, 6.07) is 7.93. The van der Waals surface area contributed by atoms with E-state index in [2.05, 4.69) is 15.3 Å². The minimum absolute atomic E-state index is 0.757. The number of benzene rings is 1. The standard InChI is InChI=1S/C14H17N3OS/c1-9-13(15-3)16-10(2)17-14(9)19-12-8-6-5-7-11(12)18-4/h5-8H,1-4H3,(H,15,16,17). The monoisotopic (exact) mass is 275 g/mol. The summed E-state index contributed by atoms with van der Waals surface area (Å²) in [4.78, 5) is 9.93. The van der Waals surface area contributed by atoms with Gasteiger partial charge in [-0.05, 0) is 26.0 Å². The Kier molecular flexibility index (Phi) is 4.27. The molecule has 2 aromatic rings. The summed E-state index contributed by atoms with van der Waals surface area (Å²) < 4.78 is 5.36. The third-order valence-corrected chi connectivity index (χ3v) is 3.87. The van der Waals surface area contributed by atoms with Crippen LogP contribution in [0.2, 0.25) is 0 Å². The first-order valence-corrected chi connectivity index (χ1v) is 6.81. The third kappa shape index (κ3) is 2.98. The van der Waals surface area contributed by atoms with Gasteiger partial charge < -0.3 is 10.1 Å². The zero-order chi connectivity index (χ0) is 13.8. The number of hydrogen-bond acceptors (Lipinski definition) is 5. The number of ether oxygens (including phenoxy) is 1. The van der Waals surface area contributed by atoms with Crippen LogP contribution in [0.25, 0.3) is 0 Å². The fourth-order valence-electron chi connectivity index (χ4n) is 1.75. The van der Waals surface area contributed by atoms with Crippen LogP contribution in [0.1, 0.15) is 11.4 Å². The van der Waals surface area contributed by atoms with Gasteiger partial charge in [-0.15, -0.1) is 0 Å². The van der Waals surface area contributed by atoms with Gasteiger partial charge in [-0.3, -0.25) is 0 Å². The lowest BCUT2D eigenvalue weighted by molar-refractivity contribution is 0.405. The molecule has 5 heteroatoms. The van der Waals surface area contributed by atoms with Gasteiger partial charge in [0.2, 0.25) is 0 Å². The van der Waals surface area contributed by atoms with E-state index in [9.17, 15) is 0 Å². The molecule has 0 fully saturated rings. The summed E-state index contributed by atoms with van der Waals surface area (Å²) in [5.74, 6) is 2.48. The molecule has 0 aliphatic carbocycles. The number of aryl methyl sites for hydroxylation is 1. The van der Waals surface area contributed by atoms with Crippen molar-refractivity contribution in [2.24, 2.45) is 0 Å². The van der Waals surface area contributed by atoms with E-state index in [1.807, 2.05) is 45.2 Å². The molecule has 0 amide bonds. The van der Waals surface area contributed by atoms with Crippen molar-refractivity contribution in [3.05, 3.63) is 35.7 Å². The largest absolute Gasteiger partial charge is 0.496 e. The highest BCUT2D eigenvalue weighted by atomic mass is 32.2. The van der Waals surface area contributed by atoms with E-state index in [0.29, 0.717) is 0 Å². The zero-order valence-electron chi connectivity index (χ0n) is 11.5. The van der Waals surface area contributed by atoms with Crippen LogP contribution < -0.4 is 10.1 Å². The zero-order valence-corrected chi connectivity index (χ0v) is 12.3. The molecule has 0 unspecified atom stereocenters. The minimum atomic E-state index is 0.757. The Morgan fingerprint density at radius 1 is 1.16 bits per heavy atom. The summed E-state index contributed by atoms with van der Waals surface area (Å²) in [6.07, 6.45) is 0. The van der Waals surface area contributed by atoms with E-state index in [1.165, 1.54) is 0 Å². The average molecular weight is 275 g/mol. The quantitative estimate of drug-likeness (QED) is 0.868. The Balaban J connectivity index is 2.40. The smallest absolute Gasteiger partial charge is 0.133 e. The summed E-state index contributed by atoms with van der Waals surface area (Å²) in [5.41, 5.74) is 1.05. The predicted octanol–water partition coefficient (Wildman–Crippen LogP) is 3.29. The highest BCUT2D eigenvalue weighted by molar-refractivity contribution is 7.99. The van der Waals surface area contributed by atoms with E-state index >= 15 is 0 Å². The molecule has 0 saturated carbocycles. The van der Waals surface area contributed by atoms with E-state index in [0.717, 1.165) is 32.9 Å². The second-order valence-electron chi connectivity index (χ2n) is 4.05. The Labute approximate surface area is 117 Å². The van der Waals surface area contributed by atoms with Crippen LogP contribution in [-0.2, 0) is 0 Å². The molecular weight excluding hydrogens is 258 g/mol. The summed E-state index contributed by atoms with van der Waals surface area (Å²) in [7, 11) is 3.54. The Morgan fingerprint density at radius 2 is 1.89 bits per heavy atom. The molecule has 0 spiro atoms. The number of nitrogens with one attached hydrogen (secondary N) is 1. The molecule has 1 aromatic carbocycles. The molecule has 1 N–H and O–H groups in total. The van der Waals surface area contributed by atoms with E-state index in [1.54, 1.807) is 18.9 Å². The van der Waals surface area contributed by atoms with Gasteiger partial charge in [0, 0.05) is 12.6 Å². The SMILES string of the molecule is CNc1nc(C)nc(Sc2ccccc2OC)c1C. The van der Waals surface area contributed by atoms with Crippen LogP contribution in [-0.4, -0.2) is 24.1 Å². The molecule has 0 aliphatic heterocycles. The second kappa shape index (κ2) is 5.93. The number of methoxy groups -OCH3 is 1. The molecular formula is C14H17N3OS. The highest BCUT2D eigenvalue weighted by Gasteiger charge is 2.11. The first-order chi connectivity index (χ1) is 9.15. The van der Waals surface area contributed by atoms with Crippen molar-refractivity contribution >= 4 is 17.6 Å². The van der Waals surface area contributed by atoms with E-state index in [-0.39, 0.29) is 0 Å². The molecule has 4 nitrogen and oxygen atoms in total. The van der Waals surface area contributed by atoms with Gasteiger partial charge >= 0.3 is 0 Å². The summed E-state index contributed by atoms with van der Waals surface area (Å²) >= 11 is 1.59. The molecule has 0 radical (unpaired) electrons. The van der Waals surface area contributed by atoms with Gasteiger partial charge in [-0.1, -0.05) is 23.9 Å². The molecule has 19 heavy (non-hydrogen) atoms. The van der Waals surface area contributed by atoms with Gasteiger partial charge in [-0.25, -0.2) is 9.97 Å². The molecule has 1 heterocycles. The van der Waals surface area contributed by atoms with Gasteiger partial charge in [0.1, 0.15) is 22.4 Å². The Bertz CT molecular complexity index is 587. The number of aromatic nitrogens is 2. The van der Waals surface area contributed by atoms with Crippen LogP contribution in [0.5, 0.6) is 5.75 Å². The number of rotatable bonds is 4. The maximum atomic E-state index is 5.36. The maximum absolute atomic E-state index is 5.36. The van der Waals surface area contributed by atoms with Crippen LogP contribution in [0, 0.1) is 13.8 Å². The van der Waals surface area contributed by atoms with Gasteiger partial charge in [0.25, 0.3) is 0 Å². The molecule has 0 atom stereocenters. The van der Waals surface area contributed by atoms with Crippen molar-refractivity contribution in [2.45, 2.75) is 23.8 Å². The number of anilines is 1. The Morgan fingerprint density at radius 3 is 2.58 bits per heavy atom. The Hall–Kier alpha value is -1.75. The summed E-state index contributed by atoms with van der Waals surface area (Å²) in [5, 5.41) is 4.04. The maximum Gasteiger partial charge on any atom is 0.133 e. The lowest BCUT2D eigenvalue weighted by atomic mass is 10.3. The van der Waals surface area contributed by atoms with Crippen LogP contribution in [0.3, 0.4) is 0 Å². The highest BCUT2D eigenvalue weighted by Crippen LogP contribution is 2.36. The lowest BCUT2D eigenvalue weighted by Crippen LogP contribution is -2.02. The molecule has 2 rings (SSSR count). The van der Waals surface area contributed by atoms with E-state index in [4.69, 9.17) is 4.74 Å².